The predicted octanol–water partition coefficient (Wildman–Crippen LogP) is 2.58. The molecule has 0 saturated carbocycles. The number of benzene rings is 1. The third-order valence-electron chi connectivity index (χ3n) is 3.87. The van der Waals surface area contributed by atoms with E-state index in [0.29, 0.717) is 17.7 Å². The van der Waals surface area contributed by atoms with Gasteiger partial charge in [0, 0.05) is 11.8 Å². The van der Waals surface area contributed by atoms with Crippen LogP contribution in [0.15, 0.2) is 35.2 Å². The lowest BCUT2D eigenvalue weighted by Gasteiger charge is -2.37. The van der Waals surface area contributed by atoms with E-state index in [2.05, 4.69) is 0 Å². The first-order chi connectivity index (χ1) is 9.31. The minimum atomic E-state index is -3.32. The Morgan fingerprint density at radius 2 is 1.90 bits per heavy atom. The summed E-state index contributed by atoms with van der Waals surface area (Å²) in [7, 11) is -3.32. The van der Waals surface area contributed by atoms with Crippen LogP contribution in [0.2, 0.25) is 0 Å². The van der Waals surface area contributed by atoms with Crippen molar-refractivity contribution in [2.75, 3.05) is 5.75 Å². The van der Waals surface area contributed by atoms with E-state index >= 15 is 0 Å². The highest BCUT2D eigenvalue weighted by molar-refractivity contribution is 7.91. The van der Waals surface area contributed by atoms with Gasteiger partial charge in [-0.15, -0.1) is 0 Å². The molecule has 1 aliphatic rings. The van der Waals surface area contributed by atoms with E-state index in [1.54, 1.807) is 30.3 Å². The number of rotatable bonds is 4. The van der Waals surface area contributed by atoms with E-state index < -0.39 is 9.84 Å². The van der Waals surface area contributed by atoms with Crippen LogP contribution in [0.25, 0.3) is 0 Å². The van der Waals surface area contributed by atoms with Crippen LogP contribution < -0.4 is 0 Å². The fraction of sp³-hybridized carbons (Fsp3) is 0.533. The molecule has 1 aromatic carbocycles. The average molecular weight is 296 g/mol. The topological polar surface area (TPSA) is 60.4 Å². The lowest BCUT2D eigenvalue weighted by molar-refractivity contribution is -0.164. The Hall–Kier alpha value is -1.36. The molecule has 0 radical (unpaired) electrons. The van der Waals surface area contributed by atoms with Crippen molar-refractivity contribution in [1.29, 1.82) is 0 Å². The molecule has 0 aliphatic carbocycles. The van der Waals surface area contributed by atoms with Crippen LogP contribution in [0.5, 0.6) is 0 Å². The molecular weight excluding hydrogens is 276 g/mol. The summed E-state index contributed by atoms with van der Waals surface area (Å²) in [6.07, 6.45) is 1.16. The van der Waals surface area contributed by atoms with Crippen molar-refractivity contribution >= 4 is 15.8 Å². The molecule has 1 heterocycles. The Morgan fingerprint density at radius 1 is 1.25 bits per heavy atom. The van der Waals surface area contributed by atoms with Gasteiger partial charge in [0.05, 0.1) is 10.6 Å². The lowest BCUT2D eigenvalue weighted by Crippen LogP contribution is -2.40. The summed E-state index contributed by atoms with van der Waals surface area (Å²) in [5.74, 6) is -0.232. The minimum absolute atomic E-state index is 0.00160. The Balaban J connectivity index is 2.06. The number of esters is 1. The van der Waals surface area contributed by atoms with E-state index in [9.17, 15) is 13.2 Å². The van der Waals surface area contributed by atoms with Gasteiger partial charge in [-0.25, -0.2) is 8.42 Å². The van der Waals surface area contributed by atoms with Crippen molar-refractivity contribution in [3.05, 3.63) is 30.3 Å². The largest absolute Gasteiger partial charge is 0.462 e. The van der Waals surface area contributed by atoms with Crippen molar-refractivity contribution in [2.24, 2.45) is 5.41 Å². The van der Waals surface area contributed by atoms with E-state index in [1.165, 1.54) is 0 Å². The van der Waals surface area contributed by atoms with Gasteiger partial charge in [-0.1, -0.05) is 32.0 Å². The number of carbonyl (C=O) groups is 1. The molecule has 1 saturated heterocycles. The van der Waals surface area contributed by atoms with Crippen LogP contribution >= 0.6 is 0 Å². The van der Waals surface area contributed by atoms with Gasteiger partial charge in [-0.3, -0.25) is 4.79 Å². The van der Waals surface area contributed by atoms with Crippen LogP contribution in [0.3, 0.4) is 0 Å². The summed E-state index contributed by atoms with van der Waals surface area (Å²) in [6, 6.07) is 8.38. The maximum absolute atomic E-state index is 12.2. The number of cyclic esters (lactones) is 1. The van der Waals surface area contributed by atoms with Crippen LogP contribution in [-0.2, 0) is 19.4 Å². The smallest absolute Gasteiger partial charge is 0.306 e. The van der Waals surface area contributed by atoms with E-state index in [0.717, 1.165) is 6.42 Å². The van der Waals surface area contributed by atoms with Crippen LogP contribution in [-0.4, -0.2) is 26.2 Å². The van der Waals surface area contributed by atoms with Gasteiger partial charge >= 0.3 is 5.97 Å². The molecule has 2 rings (SSSR count). The Bertz CT molecular complexity index is 575. The molecule has 0 bridgehead atoms. The number of hydrogen-bond acceptors (Lipinski definition) is 4. The molecule has 20 heavy (non-hydrogen) atoms. The molecule has 1 aliphatic heterocycles. The van der Waals surface area contributed by atoms with Crippen LogP contribution in [0.4, 0.5) is 0 Å². The van der Waals surface area contributed by atoms with Gasteiger partial charge in [0.15, 0.2) is 9.84 Å². The maximum atomic E-state index is 12.2. The fourth-order valence-corrected chi connectivity index (χ4v) is 3.75. The number of ether oxygens (including phenoxy) is 1. The first kappa shape index (κ1) is 15.0. The van der Waals surface area contributed by atoms with Gasteiger partial charge < -0.3 is 4.74 Å². The highest BCUT2D eigenvalue weighted by Gasteiger charge is 2.37. The van der Waals surface area contributed by atoms with Crippen molar-refractivity contribution in [3.63, 3.8) is 0 Å². The van der Waals surface area contributed by atoms with Gasteiger partial charge in [0.1, 0.15) is 6.10 Å². The summed E-state index contributed by atoms with van der Waals surface area (Å²) in [5.41, 5.74) is -0.167. The van der Waals surface area contributed by atoms with Gasteiger partial charge in [0.2, 0.25) is 0 Å². The molecule has 0 N–H and O–H groups in total. The first-order valence-electron chi connectivity index (χ1n) is 6.78. The highest BCUT2D eigenvalue weighted by Crippen LogP contribution is 2.36. The average Bonchev–Trinajstić information content (AvgIpc) is 2.41. The molecule has 0 aromatic heterocycles. The zero-order valence-corrected chi connectivity index (χ0v) is 12.7. The van der Waals surface area contributed by atoms with Crippen molar-refractivity contribution in [1.82, 2.24) is 0 Å². The van der Waals surface area contributed by atoms with Crippen molar-refractivity contribution in [3.8, 4) is 0 Å². The number of carbonyl (C=O) groups excluding carboxylic acids is 1. The fourth-order valence-electron chi connectivity index (χ4n) is 2.42. The molecule has 0 spiro atoms. The van der Waals surface area contributed by atoms with Gasteiger partial charge in [-0.2, -0.15) is 0 Å². The molecule has 110 valence electrons. The molecule has 0 unspecified atom stereocenters. The first-order valence-corrected chi connectivity index (χ1v) is 8.44. The summed E-state index contributed by atoms with van der Waals surface area (Å²) in [4.78, 5) is 11.7. The molecule has 1 atom stereocenters. The van der Waals surface area contributed by atoms with Crippen molar-refractivity contribution < 1.29 is 17.9 Å². The normalized spacial score (nSPS) is 22.3. The highest BCUT2D eigenvalue weighted by atomic mass is 32.2. The number of hydrogen-bond donors (Lipinski definition) is 0. The molecule has 1 fully saturated rings. The summed E-state index contributed by atoms with van der Waals surface area (Å²) >= 11 is 0. The molecule has 1 aromatic rings. The molecular formula is C15H20O4S. The summed E-state index contributed by atoms with van der Waals surface area (Å²) < 4.78 is 29.8. The maximum Gasteiger partial charge on any atom is 0.306 e. The zero-order chi connectivity index (χ0) is 14.8. The monoisotopic (exact) mass is 296 g/mol. The lowest BCUT2D eigenvalue weighted by atomic mass is 9.79. The Morgan fingerprint density at radius 3 is 2.55 bits per heavy atom. The Labute approximate surface area is 120 Å². The quantitative estimate of drug-likeness (QED) is 0.801. The third-order valence-corrected chi connectivity index (χ3v) is 5.63. The van der Waals surface area contributed by atoms with E-state index in [1.807, 2.05) is 13.8 Å². The molecule has 0 amide bonds. The molecule has 4 nitrogen and oxygen atoms in total. The molecule has 5 heteroatoms. The predicted molar refractivity (Wildman–Crippen MR) is 76.0 cm³/mol. The van der Waals surface area contributed by atoms with E-state index in [4.69, 9.17) is 4.74 Å². The number of sulfone groups is 1. The van der Waals surface area contributed by atoms with Crippen LogP contribution in [0, 0.1) is 5.41 Å². The second-order valence-corrected chi connectivity index (χ2v) is 8.00. The minimum Gasteiger partial charge on any atom is -0.462 e. The summed E-state index contributed by atoms with van der Waals surface area (Å²) in [6.45, 7) is 4.03. The zero-order valence-electron chi connectivity index (χ0n) is 11.8. The Kier molecular flexibility index (Phi) is 4.18. The third kappa shape index (κ3) is 3.39. The van der Waals surface area contributed by atoms with Gasteiger partial charge in [0.25, 0.3) is 0 Å². The second kappa shape index (κ2) is 5.56. The van der Waals surface area contributed by atoms with Crippen LogP contribution in [0.1, 0.15) is 33.1 Å². The second-order valence-electron chi connectivity index (χ2n) is 5.89. The van der Waals surface area contributed by atoms with Crippen molar-refractivity contribution in [2.45, 2.75) is 44.1 Å². The van der Waals surface area contributed by atoms with E-state index in [-0.39, 0.29) is 23.2 Å². The standard InChI is InChI=1S/C15H20O4S/c1-15(2)10-8-14(16)19-13(15)9-11-20(17,18)12-6-4-3-5-7-12/h3-7,13H,8-11H2,1-2H3/t13-/m0/s1. The SMILES string of the molecule is CC1(C)CCC(=O)O[C@H]1CCS(=O)(=O)c1ccccc1. The summed E-state index contributed by atoms with van der Waals surface area (Å²) in [5, 5.41) is 0. The van der Waals surface area contributed by atoms with Gasteiger partial charge in [-0.05, 0) is 25.0 Å².